The number of fused-ring (bicyclic) bond motifs is 1. The molecule has 3 aliphatic rings. The topological polar surface area (TPSA) is 142 Å². The first kappa shape index (κ1) is 31.4. The summed E-state index contributed by atoms with van der Waals surface area (Å²) in [4.78, 5) is 0.427. The lowest BCUT2D eigenvalue weighted by Crippen LogP contribution is -2.46. The fourth-order valence-corrected chi connectivity index (χ4v) is 9.68. The molecular formula is C32H40N2O8S2. The molecule has 2 aliphatic heterocycles. The second kappa shape index (κ2) is 12.3. The van der Waals surface area contributed by atoms with Crippen molar-refractivity contribution in [2.45, 2.75) is 58.3 Å². The van der Waals surface area contributed by atoms with Gasteiger partial charge in [-0.15, -0.1) is 0 Å². The van der Waals surface area contributed by atoms with Crippen LogP contribution in [0.5, 0.6) is 5.75 Å². The molecule has 3 aromatic rings. The summed E-state index contributed by atoms with van der Waals surface area (Å²) in [7, 11) is -7.25. The van der Waals surface area contributed by atoms with E-state index < -0.39 is 37.3 Å². The Hall–Kier alpha value is -2.58. The largest absolute Gasteiger partial charge is 0.491 e. The van der Waals surface area contributed by atoms with Crippen molar-refractivity contribution in [3.63, 3.8) is 0 Å². The third-order valence-electron chi connectivity index (χ3n) is 9.32. The number of sulfonamides is 1. The maximum atomic E-state index is 13.4. The van der Waals surface area contributed by atoms with Crippen LogP contribution < -0.4 is 10.1 Å². The number of ether oxygens (including phenoxy) is 2. The fourth-order valence-electron chi connectivity index (χ4n) is 6.37. The number of aliphatic hydroxyl groups is 2. The number of hydrogen-bond acceptors (Lipinski definition) is 9. The Morgan fingerprint density at radius 2 is 1.68 bits per heavy atom. The standard InChI is InChI=1S/C32H40N2O8S2/c35-23-32(10-11-32)43(37,38)29-7-3-6-28(17-29)41-22-27(36)20-33-19-24-18-31(42-21-24)12-14-34(15-13-31)44(39,40)30-9-8-25-4-1-2-5-26(25)16-30/h1-9,16-17,24,27,33,35-36H,10-15,18-23H2/t24?,27-/m0/s1. The first-order valence-electron chi connectivity index (χ1n) is 15.2. The van der Waals surface area contributed by atoms with Crippen molar-refractivity contribution in [2.75, 3.05) is 46.0 Å². The van der Waals surface area contributed by atoms with E-state index in [0.29, 0.717) is 69.1 Å². The van der Waals surface area contributed by atoms with Gasteiger partial charge in [0, 0.05) is 26.2 Å². The van der Waals surface area contributed by atoms with Gasteiger partial charge < -0.3 is 25.0 Å². The zero-order valence-corrected chi connectivity index (χ0v) is 26.2. The van der Waals surface area contributed by atoms with E-state index in [1.165, 1.54) is 12.1 Å². The summed E-state index contributed by atoms with van der Waals surface area (Å²) in [5, 5.41) is 25.2. The van der Waals surface area contributed by atoms with E-state index >= 15 is 0 Å². The van der Waals surface area contributed by atoms with Gasteiger partial charge in [0.25, 0.3) is 0 Å². The van der Waals surface area contributed by atoms with Gasteiger partial charge in [-0.05, 0) is 79.1 Å². The highest BCUT2D eigenvalue weighted by molar-refractivity contribution is 7.93. The van der Waals surface area contributed by atoms with Crippen molar-refractivity contribution in [1.82, 2.24) is 9.62 Å². The predicted octanol–water partition coefficient (Wildman–Crippen LogP) is 2.73. The summed E-state index contributed by atoms with van der Waals surface area (Å²) in [6, 6.07) is 19.2. The Labute approximate surface area is 259 Å². The molecule has 2 saturated heterocycles. The minimum Gasteiger partial charge on any atom is -0.491 e. The highest BCUT2D eigenvalue weighted by atomic mass is 32.2. The van der Waals surface area contributed by atoms with Crippen LogP contribution in [-0.4, -0.2) is 93.8 Å². The maximum absolute atomic E-state index is 13.4. The van der Waals surface area contributed by atoms with Crippen LogP contribution in [0, 0.1) is 5.92 Å². The third kappa shape index (κ3) is 6.26. The maximum Gasteiger partial charge on any atom is 0.243 e. The second-order valence-electron chi connectivity index (χ2n) is 12.4. The number of nitrogens with one attached hydrogen (secondary N) is 1. The second-order valence-corrected chi connectivity index (χ2v) is 16.7. The minimum absolute atomic E-state index is 0.00569. The molecule has 3 fully saturated rings. The molecule has 3 aromatic carbocycles. The van der Waals surface area contributed by atoms with E-state index in [-0.39, 0.29) is 23.0 Å². The van der Waals surface area contributed by atoms with Crippen LogP contribution in [0.25, 0.3) is 10.8 Å². The van der Waals surface area contributed by atoms with Gasteiger partial charge in [0.2, 0.25) is 10.0 Å². The molecular weight excluding hydrogens is 604 g/mol. The molecule has 1 saturated carbocycles. The van der Waals surface area contributed by atoms with Gasteiger partial charge >= 0.3 is 0 Å². The Kier molecular flexibility index (Phi) is 8.79. The normalized spacial score (nSPS) is 22.3. The number of nitrogens with zero attached hydrogens (tertiary/aromatic N) is 1. The molecule has 0 bridgehead atoms. The smallest absolute Gasteiger partial charge is 0.243 e. The minimum atomic E-state index is -3.65. The molecule has 0 aromatic heterocycles. The first-order valence-corrected chi connectivity index (χ1v) is 18.1. The Bertz CT molecular complexity index is 1700. The lowest BCUT2D eigenvalue weighted by Gasteiger charge is -2.38. The van der Waals surface area contributed by atoms with Gasteiger partial charge in [-0.3, -0.25) is 0 Å². The highest BCUT2D eigenvalue weighted by Gasteiger charge is 2.54. The summed E-state index contributed by atoms with van der Waals surface area (Å²) in [6.45, 7) is 1.94. The van der Waals surface area contributed by atoms with E-state index in [9.17, 15) is 27.0 Å². The number of piperidine rings is 1. The molecule has 6 rings (SSSR count). The van der Waals surface area contributed by atoms with E-state index in [1.54, 1.807) is 28.6 Å². The molecule has 1 aliphatic carbocycles. The third-order valence-corrected chi connectivity index (χ3v) is 13.8. The lowest BCUT2D eigenvalue weighted by atomic mass is 9.86. The van der Waals surface area contributed by atoms with Crippen LogP contribution >= 0.6 is 0 Å². The fraction of sp³-hybridized carbons (Fsp3) is 0.500. The molecule has 0 amide bonds. The average Bonchev–Trinajstić information content (AvgIpc) is 3.76. The van der Waals surface area contributed by atoms with Gasteiger partial charge in [-0.25, -0.2) is 16.8 Å². The Morgan fingerprint density at radius 1 is 0.932 bits per heavy atom. The Morgan fingerprint density at radius 3 is 2.41 bits per heavy atom. The van der Waals surface area contributed by atoms with Gasteiger partial charge in [-0.1, -0.05) is 36.4 Å². The van der Waals surface area contributed by atoms with Crippen molar-refractivity contribution in [3.05, 3.63) is 66.7 Å². The van der Waals surface area contributed by atoms with Crippen LogP contribution in [0.4, 0.5) is 0 Å². The molecule has 238 valence electrons. The molecule has 0 radical (unpaired) electrons. The monoisotopic (exact) mass is 644 g/mol. The summed E-state index contributed by atoms with van der Waals surface area (Å²) >= 11 is 0. The van der Waals surface area contributed by atoms with Crippen LogP contribution in [0.2, 0.25) is 0 Å². The number of benzene rings is 3. The predicted molar refractivity (Wildman–Crippen MR) is 166 cm³/mol. The van der Waals surface area contributed by atoms with Crippen LogP contribution in [0.15, 0.2) is 76.5 Å². The molecule has 1 unspecified atom stereocenters. The molecule has 2 heterocycles. The van der Waals surface area contributed by atoms with Crippen LogP contribution in [0.3, 0.4) is 0 Å². The van der Waals surface area contributed by atoms with Crippen LogP contribution in [-0.2, 0) is 24.6 Å². The van der Waals surface area contributed by atoms with Crippen molar-refractivity contribution in [2.24, 2.45) is 5.92 Å². The quantitative estimate of drug-likeness (QED) is 0.271. The van der Waals surface area contributed by atoms with Gasteiger partial charge in [0.1, 0.15) is 18.5 Å². The molecule has 44 heavy (non-hydrogen) atoms. The number of aliphatic hydroxyl groups excluding tert-OH is 2. The molecule has 10 nitrogen and oxygen atoms in total. The lowest BCUT2D eigenvalue weighted by molar-refractivity contribution is -0.0313. The zero-order valence-electron chi connectivity index (χ0n) is 24.6. The highest BCUT2D eigenvalue weighted by Crippen LogP contribution is 2.46. The van der Waals surface area contributed by atoms with E-state index in [2.05, 4.69) is 5.32 Å². The van der Waals surface area contributed by atoms with Gasteiger partial charge in [-0.2, -0.15) is 4.31 Å². The summed E-state index contributed by atoms with van der Waals surface area (Å²) in [5.74, 6) is 0.592. The Balaban J connectivity index is 0.940. The average molecular weight is 645 g/mol. The van der Waals surface area contributed by atoms with E-state index in [0.717, 1.165) is 17.2 Å². The van der Waals surface area contributed by atoms with Crippen molar-refractivity contribution in [3.8, 4) is 5.75 Å². The summed E-state index contributed by atoms with van der Waals surface area (Å²) < 4.78 is 64.9. The van der Waals surface area contributed by atoms with Crippen molar-refractivity contribution < 1.29 is 36.5 Å². The zero-order chi connectivity index (χ0) is 31.0. The number of rotatable bonds is 12. The molecule has 2 atom stereocenters. The van der Waals surface area contributed by atoms with Crippen molar-refractivity contribution >= 4 is 30.6 Å². The molecule has 1 spiro atoms. The van der Waals surface area contributed by atoms with E-state index in [1.807, 2.05) is 30.3 Å². The van der Waals surface area contributed by atoms with Gasteiger partial charge in [0.15, 0.2) is 9.84 Å². The first-order chi connectivity index (χ1) is 21.1. The summed E-state index contributed by atoms with van der Waals surface area (Å²) in [6.07, 6.45) is 2.19. The SMILES string of the molecule is O=S(=O)(c1ccc2ccccc2c1)N1CCC2(CC1)CC(CNC[C@H](O)COc1cccc(S(=O)(=O)C3(CO)CC3)c1)CO2. The molecule has 12 heteroatoms. The van der Waals surface area contributed by atoms with Gasteiger partial charge in [0.05, 0.1) is 33.4 Å². The molecule has 3 N–H and O–H groups in total. The number of sulfone groups is 1. The summed E-state index contributed by atoms with van der Waals surface area (Å²) in [5.41, 5.74) is -0.329. The van der Waals surface area contributed by atoms with Crippen LogP contribution in [0.1, 0.15) is 32.1 Å². The number of hydrogen-bond donors (Lipinski definition) is 3. The van der Waals surface area contributed by atoms with E-state index in [4.69, 9.17) is 9.47 Å². The van der Waals surface area contributed by atoms with Crippen molar-refractivity contribution in [1.29, 1.82) is 0 Å².